The van der Waals surface area contributed by atoms with Crippen LogP contribution in [0.25, 0.3) is 0 Å². The minimum Gasteiger partial charge on any atom is -0.506 e. The first-order chi connectivity index (χ1) is 6.59. The van der Waals surface area contributed by atoms with Gasteiger partial charge in [0.15, 0.2) is 5.11 Å². The maximum Gasteiger partial charge on any atom is 0.184 e. The minimum absolute atomic E-state index is 0.0593. The van der Waals surface area contributed by atoms with E-state index in [-0.39, 0.29) is 10.9 Å². The molecule has 0 amide bonds. The number of hydrogen-bond acceptors (Lipinski definition) is 4. The molecule has 0 aliphatic heterocycles. The van der Waals surface area contributed by atoms with Crippen molar-refractivity contribution in [2.24, 2.45) is 10.8 Å². The van der Waals surface area contributed by atoms with Crippen LogP contribution in [0.15, 0.2) is 17.2 Å². The topological polar surface area (TPSA) is 83.5 Å². The predicted molar refractivity (Wildman–Crippen MR) is 58.2 cm³/mol. The monoisotopic (exact) mass is 210 g/mol. The lowest BCUT2D eigenvalue weighted by molar-refractivity contribution is 0.471. The highest BCUT2D eigenvalue weighted by atomic mass is 32.1. The lowest BCUT2D eigenvalue weighted by Gasteiger charge is -1.99. The van der Waals surface area contributed by atoms with E-state index in [1.165, 1.54) is 6.21 Å². The van der Waals surface area contributed by atoms with Gasteiger partial charge in [0.1, 0.15) is 11.4 Å². The molecule has 1 aromatic rings. The molecule has 0 aliphatic rings. The van der Waals surface area contributed by atoms with Crippen LogP contribution in [0.5, 0.6) is 5.75 Å². The van der Waals surface area contributed by atoms with Gasteiger partial charge in [0.25, 0.3) is 0 Å². The van der Waals surface area contributed by atoms with E-state index in [9.17, 15) is 5.11 Å². The van der Waals surface area contributed by atoms with Crippen LogP contribution < -0.4 is 11.2 Å². The summed E-state index contributed by atoms with van der Waals surface area (Å²) in [6.45, 7) is 1.82. The smallest absolute Gasteiger partial charge is 0.184 e. The Balaban J connectivity index is 2.80. The number of thiocarbonyl (C=S) groups is 1. The van der Waals surface area contributed by atoms with E-state index in [1.54, 1.807) is 12.1 Å². The average molecular weight is 210 g/mol. The van der Waals surface area contributed by atoms with Gasteiger partial charge in [0.05, 0.1) is 6.21 Å². The summed E-state index contributed by atoms with van der Waals surface area (Å²) in [5, 5.41) is 13.1. The molecule has 1 rings (SSSR count). The van der Waals surface area contributed by atoms with Crippen molar-refractivity contribution in [3.63, 3.8) is 0 Å². The molecule has 0 atom stereocenters. The van der Waals surface area contributed by atoms with Crippen LogP contribution in [0.4, 0.5) is 0 Å². The van der Waals surface area contributed by atoms with Gasteiger partial charge in [-0.25, -0.2) is 4.98 Å². The molecule has 0 aliphatic carbocycles. The third-order valence-electron chi connectivity index (χ3n) is 1.40. The number of pyridine rings is 1. The second-order valence-corrected chi connectivity index (χ2v) is 3.03. The van der Waals surface area contributed by atoms with E-state index in [1.807, 2.05) is 6.92 Å². The van der Waals surface area contributed by atoms with Gasteiger partial charge in [0, 0.05) is 5.69 Å². The summed E-state index contributed by atoms with van der Waals surface area (Å²) in [6, 6.07) is 3.25. The van der Waals surface area contributed by atoms with Crippen LogP contribution in [0.3, 0.4) is 0 Å². The Hall–Kier alpha value is -1.69. The van der Waals surface area contributed by atoms with Crippen LogP contribution in [0.1, 0.15) is 11.4 Å². The van der Waals surface area contributed by atoms with Gasteiger partial charge in [0.2, 0.25) is 0 Å². The molecule has 14 heavy (non-hydrogen) atoms. The molecule has 74 valence electrons. The van der Waals surface area contributed by atoms with E-state index >= 15 is 0 Å². The Bertz CT molecular complexity index is 378. The molecule has 0 bridgehead atoms. The molecule has 5 nitrogen and oxygen atoms in total. The summed E-state index contributed by atoms with van der Waals surface area (Å²) in [6.07, 6.45) is 1.35. The molecule has 0 saturated heterocycles. The number of rotatable bonds is 2. The Kier molecular flexibility index (Phi) is 3.35. The van der Waals surface area contributed by atoms with Crippen molar-refractivity contribution < 1.29 is 5.11 Å². The number of nitrogens with zero attached hydrogens (tertiary/aromatic N) is 2. The number of hydrazone groups is 1. The number of hydrogen-bond donors (Lipinski definition) is 3. The molecule has 4 N–H and O–H groups in total. The Morgan fingerprint density at radius 1 is 1.71 bits per heavy atom. The third kappa shape index (κ3) is 2.98. The maximum absolute atomic E-state index is 9.35. The molecule has 0 aromatic carbocycles. The van der Waals surface area contributed by atoms with Crippen molar-refractivity contribution in [3.05, 3.63) is 23.5 Å². The van der Waals surface area contributed by atoms with Crippen molar-refractivity contribution in [3.8, 4) is 5.75 Å². The van der Waals surface area contributed by atoms with Gasteiger partial charge in [-0.15, -0.1) is 0 Å². The second-order valence-electron chi connectivity index (χ2n) is 2.59. The van der Waals surface area contributed by atoms with Crippen LogP contribution >= 0.6 is 12.2 Å². The zero-order valence-corrected chi connectivity index (χ0v) is 8.38. The van der Waals surface area contributed by atoms with Gasteiger partial charge >= 0.3 is 0 Å². The van der Waals surface area contributed by atoms with E-state index in [0.717, 1.165) is 5.69 Å². The SMILES string of the molecule is Cc1ccc(O)c(/C=N/NC(N)=S)n1. The maximum atomic E-state index is 9.35. The standard InChI is InChI=1S/C8H10N4OS/c1-5-2-3-7(13)6(11-5)4-10-12-8(9)14/h2-4,13H,1H3,(H3,9,12,14)/b10-4+. The van der Waals surface area contributed by atoms with Crippen LogP contribution in [-0.4, -0.2) is 21.4 Å². The highest BCUT2D eigenvalue weighted by Crippen LogP contribution is 2.11. The first kappa shape index (κ1) is 10.4. The van der Waals surface area contributed by atoms with Crippen LogP contribution in [-0.2, 0) is 0 Å². The zero-order chi connectivity index (χ0) is 10.6. The summed E-state index contributed by atoms with van der Waals surface area (Å²) in [4.78, 5) is 4.05. The fourth-order valence-electron chi connectivity index (χ4n) is 0.821. The Morgan fingerprint density at radius 2 is 2.43 bits per heavy atom. The van der Waals surface area contributed by atoms with Crippen LogP contribution in [0.2, 0.25) is 0 Å². The van der Waals surface area contributed by atoms with Gasteiger partial charge < -0.3 is 10.8 Å². The highest BCUT2D eigenvalue weighted by molar-refractivity contribution is 7.80. The lowest BCUT2D eigenvalue weighted by atomic mass is 10.3. The van der Waals surface area contributed by atoms with Crippen molar-refractivity contribution in [2.75, 3.05) is 0 Å². The van der Waals surface area contributed by atoms with Crippen molar-refractivity contribution >= 4 is 23.5 Å². The third-order valence-corrected chi connectivity index (χ3v) is 1.49. The second kappa shape index (κ2) is 4.52. The van der Waals surface area contributed by atoms with Gasteiger partial charge in [-0.1, -0.05) is 0 Å². The van der Waals surface area contributed by atoms with E-state index < -0.39 is 0 Å². The van der Waals surface area contributed by atoms with Gasteiger partial charge in [-0.05, 0) is 31.3 Å². The van der Waals surface area contributed by atoms with E-state index in [2.05, 4.69) is 27.7 Å². The molecular formula is C8H10N4OS. The van der Waals surface area contributed by atoms with E-state index in [0.29, 0.717) is 5.69 Å². The van der Waals surface area contributed by atoms with Crippen LogP contribution in [0, 0.1) is 6.92 Å². The zero-order valence-electron chi connectivity index (χ0n) is 7.56. The number of nitrogens with one attached hydrogen (secondary N) is 1. The number of aromatic nitrogens is 1. The molecule has 0 unspecified atom stereocenters. The molecule has 0 spiro atoms. The Labute approximate surface area is 86.7 Å². The fourth-order valence-corrected chi connectivity index (χ4v) is 0.874. The van der Waals surface area contributed by atoms with Gasteiger partial charge in [-0.2, -0.15) is 5.10 Å². The normalized spacial score (nSPS) is 10.4. The average Bonchev–Trinajstić information content (AvgIpc) is 2.10. The fraction of sp³-hybridized carbons (Fsp3) is 0.125. The van der Waals surface area contributed by atoms with E-state index in [4.69, 9.17) is 5.73 Å². The largest absolute Gasteiger partial charge is 0.506 e. The molecule has 0 saturated carbocycles. The number of nitrogens with two attached hydrogens (primary N) is 1. The lowest BCUT2D eigenvalue weighted by Crippen LogP contribution is -2.24. The summed E-state index contributed by atoms with van der Waals surface area (Å²) in [7, 11) is 0. The quantitative estimate of drug-likeness (QED) is 0.370. The summed E-state index contributed by atoms with van der Waals surface area (Å²) in [5.74, 6) is 0.0593. The molecular weight excluding hydrogens is 200 g/mol. The van der Waals surface area contributed by atoms with Crippen molar-refractivity contribution in [2.45, 2.75) is 6.92 Å². The molecule has 1 heterocycles. The van der Waals surface area contributed by atoms with Crippen molar-refractivity contribution in [1.29, 1.82) is 0 Å². The molecule has 0 radical (unpaired) electrons. The summed E-state index contributed by atoms with van der Waals surface area (Å²) >= 11 is 4.54. The Morgan fingerprint density at radius 3 is 3.07 bits per heavy atom. The summed E-state index contributed by atoms with van der Waals surface area (Å²) in [5.41, 5.74) is 8.68. The van der Waals surface area contributed by atoms with Crippen molar-refractivity contribution in [1.82, 2.24) is 10.4 Å². The predicted octanol–water partition coefficient (Wildman–Crippen LogP) is 0.263. The molecule has 0 fully saturated rings. The molecule has 6 heteroatoms. The first-order valence-electron chi connectivity index (χ1n) is 3.84. The minimum atomic E-state index is 0.0593. The molecule has 1 aromatic heterocycles. The summed E-state index contributed by atoms with van der Waals surface area (Å²) < 4.78 is 0. The number of aromatic hydroxyl groups is 1. The first-order valence-corrected chi connectivity index (χ1v) is 4.25. The number of aryl methyl sites for hydroxylation is 1. The van der Waals surface area contributed by atoms with Gasteiger partial charge in [-0.3, -0.25) is 5.43 Å². The highest BCUT2D eigenvalue weighted by Gasteiger charge is 1.98.